The monoisotopic (exact) mass is 909 g/mol. The first-order chi connectivity index (χ1) is 34.8. The van der Waals surface area contributed by atoms with E-state index in [0.29, 0.717) is 0 Å². The Morgan fingerprint density at radius 1 is 0.338 bits per heavy atom. The molecule has 0 bridgehead atoms. The molecule has 11 aromatic carbocycles. The molecule has 1 aliphatic rings. The zero-order chi connectivity index (χ0) is 48.1. The van der Waals surface area contributed by atoms with E-state index in [0.717, 1.165) is 22.6 Å². The van der Waals surface area contributed by atoms with Crippen molar-refractivity contribution < 1.29 is 0 Å². The first-order valence-electron chi connectivity index (χ1n) is 24.9. The third-order valence-electron chi connectivity index (χ3n) is 14.8. The van der Waals surface area contributed by atoms with Crippen molar-refractivity contribution in [1.29, 1.82) is 0 Å². The molecule has 12 rings (SSSR count). The normalized spacial score (nSPS) is 12.6. The van der Waals surface area contributed by atoms with E-state index in [1.807, 2.05) is 0 Å². The fourth-order valence-corrected chi connectivity index (χ4v) is 11.6. The van der Waals surface area contributed by atoms with Crippen molar-refractivity contribution in [2.45, 2.75) is 38.5 Å². The van der Waals surface area contributed by atoms with E-state index in [9.17, 15) is 0 Å². The van der Waals surface area contributed by atoms with Crippen molar-refractivity contribution in [2.24, 2.45) is 0 Å². The van der Waals surface area contributed by atoms with Crippen LogP contribution in [0.5, 0.6) is 0 Å². The maximum Gasteiger partial charge on any atom is 0.0714 e. The highest BCUT2D eigenvalue weighted by Crippen LogP contribution is 2.58. The second-order valence-electron chi connectivity index (χ2n) is 20.1. The summed E-state index contributed by atoms with van der Waals surface area (Å²) in [6.45, 7) is 9.25. The predicted octanol–water partition coefficient (Wildman–Crippen LogP) is 18.9. The summed E-state index contributed by atoms with van der Waals surface area (Å²) in [5.74, 6) is 0. The molecule has 0 aromatic heterocycles. The van der Waals surface area contributed by atoms with Crippen LogP contribution in [0.25, 0.3) is 66.4 Å². The summed E-state index contributed by atoms with van der Waals surface area (Å²) in [4.78, 5) is 2.53. The molecule has 340 valence electrons. The van der Waals surface area contributed by atoms with E-state index in [1.54, 1.807) is 0 Å². The summed E-state index contributed by atoms with van der Waals surface area (Å²) in [6, 6.07) is 96.8. The average molecular weight is 910 g/mol. The van der Waals surface area contributed by atoms with Crippen molar-refractivity contribution in [3.63, 3.8) is 0 Å². The Morgan fingerprint density at radius 3 is 1.45 bits per heavy atom. The summed E-state index contributed by atoms with van der Waals surface area (Å²) in [6.07, 6.45) is 0. The van der Waals surface area contributed by atoms with Gasteiger partial charge in [0.15, 0.2) is 0 Å². The number of hydrogen-bond acceptors (Lipinski definition) is 1. The zero-order valence-corrected chi connectivity index (χ0v) is 40.8. The molecular formula is C70H55N. The molecule has 11 aromatic rings. The standard InChI is InChI=1S/C70H55N/c1-48-23-21-38-64-67(48)61-44-43-57(47-65(61)70(64,54-30-13-7-14-31-54)55-32-15-8-16-33-55)71(66-46-53-29-18-17-28-52(53)45-62(66)60-34-19-20-37-63(60)69(2,3)4)56-41-39-51(40-42-56)68-58(49-24-9-5-10-25-49)35-22-36-59(68)50-26-11-6-12-27-50/h5-47H,1-4H3. The largest absolute Gasteiger partial charge is 0.310 e. The summed E-state index contributed by atoms with van der Waals surface area (Å²) in [7, 11) is 0. The van der Waals surface area contributed by atoms with Gasteiger partial charge >= 0.3 is 0 Å². The van der Waals surface area contributed by atoms with Gasteiger partial charge in [-0.2, -0.15) is 0 Å². The van der Waals surface area contributed by atoms with Gasteiger partial charge in [-0.1, -0.05) is 245 Å². The van der Waals surface area contributed by atoms with Gasteiger partial charge in [0.2, 0.25) is 0 Å². The van der Waals surface area contributed by atoms with Crippen LogP contribution in [0.2, 0.25) is 0 Å². The summed E-state index contributed by atoms with van der Waals surface area (Å²) in [5, 5.41) is 2.40. The lowest BCUT2D eigenvalue weighted by molar-refractivity contribution is 0.592. The van der Waals surface area contributed by atoms with Gasteiger partial charge in [0, 0.05) is 16.9 Å². The molecule has 0 fully saturated rings. The number of anilines is 3. The molecule has 0 spiro atoms. The van der Waals surface area contributed by atoms with Crippen LogP contribution in [0, 0.1) is 6.92 Å². The lowest BCUT2D eigenvalue weighted by Crippen LogP contribution is -2.28. The van der Waals surface area contributed by atoms with E-state index < -0.39 is 5.41 Å². The van der Waals surface area contributed by atoms with Crippen LogP contribution in [0.15, 0.2) is 261 Å². The first kappa shape index (κ1) is 43.7. The Kier molecular flexibility index (Phi) is 11.0. The van der Waals surface area contributed by atoms with Crippen LogP contribution in [0.4, 0.5) is 17.1 Å². The van der Waals surface area contributed by atoms with Crippen molar-refractivity contribution in [3.05, 3.63) is 294 Å². The third kappa shape index (κ3) is 7.48. The number of nitrogens with zero attached hydrogens (tertiary/aromatic N) is 1. The molecule has 0 radical (unpaired) electrons. The molecule has 0 saturated heterocycles. The number of benzene rings is 11. The molecular weight excluding hydrogens is 855 g/mol. The predicted molar refractivity (Wildman–Crippen MR) is 301 cm³/mol. The van der Waals surface area contributed by atoms with Gasteiger partial charge in [-0.3, -0.25) is 0 Å². The van der Waals surface area contributed by atoms with Crippen LogP contribution in [0.3, 0.4) is 0 Å². The van der Waals surface area contributed by atoms with Gasteiger partial charge in [0.25, 0.3) is 0 Å². The smallest absolute Gasteiger partial charge is 0.0714 e. The van der Waals surface area contributed by atoms with Crippen LogP contribution >= 0.6 is 0 Å². The SMILES string of the molecule is Cc1cccc2c1-c1ccc(N(c3ccc(-c4c(-c5ccccc5)cccc4-c4ccccc4)cc3)c3cc4ccccc4cc3-c3ccccc3C(C)(C)C)cc1C2(c1ccccc1)c1ccccc1. The van der Waals surface area contributed by atoms with Crippen LogP contribution in [-0.2, 0) is 10.8 Å². The topological polar surface area (TPSA) is 3.24 Å². The quantitative estimate of drug-likeness (QED) is 0.139. The highest BCUT2D eigenvalue weighted by atomic mass is 15.1. The van der Waals surface area contributed by atoms with E-state index in [1.165, 1.54) is 94.2 Å². The van der Waals surface area contributed by atoms with Crippen LogP contribution in [0.1, 0.15) is 54.2 Å². The minimum atomic E-state index is -0.565. The van der Waals surface area contributed by atoms with E-state index in [-0.39, 0.29) is 5.41 Å². The second kappa shape index (κ2) is 17.8. The molecule has 0 aliphatic heterocycles. The molecule has 1 aliphatic carbocycles. The molecule has 0 unspecified atom stereocenters. The lowest BCUT2D eigenvalue weighted by Gasteiger charge is -2.35. The fourth-order valence-electron chi connectivity index (χ4n) is 11.6. The molecule has 0 N–H and O–H groups in total. The molecule has 1 heteroatoms. The lowest BCUT2D eigenvalue weighted by atomic mass is 9.67. The maximum absolute atomic E-state index is 2.53. The fraction of sp³-hybridized carbons (Fsp3) is 0.0857. The molecule has 1 nitrogen and oxygen atoms in total. The number of rotatable bonds is 9. The van der Waals surface area contributed by atoms with Crippen molar-refractivity contribution >= 4 is 27.8 Å². The molecule has 71 heavy (non-hydrogen) atoms. The van der Waals surface area contributed by atoms with Crippen molar-refractivity contribution in [3.8, 4) is 55.6 Å². The first-order valence-corrected chi connectivity index (χ1v) is 24.9. The van der Waals surface area contributed by atoms with Crippen molar-refractivity contribution in [1.82, 2.24) is 0 Å². The Hall–Kier alpha value is -8.52. The second-order valence-corrected chi connectivity index (χ2v) is 20.1. The molecule has 0 amide bonds. The summed E-state index contributed by atoms with van der Waals surface area (Å²) in [5.41, 5.74) is 22.5. The molecule has 0 saturated carbocycles. The number of hydrogen-bond donors (Lipinski definition) is 0. The van der Waals surface area contributed by atoms with Gasteiger partial charge in [-0.15, -0.1) is 0 Å². The van der Waals surface area contributed by atoms with Crippen LogP contribution < -0.4 is 4.90 Å². The van der Waals surface area contributed by atoms with Crippen LogP contribution in [-0.4, -0.2) is 0 Å². The summed E-state index contributed by atoms with van der Waals surface area (Å²) >= 11 is 0. The summed E-state index contributed by atoms with van der Waals surface area (Å²) < 4.78 is 0. The number of aryl methyl sites for hydroxylation is 1. The van der Waals surface area contributed by atoms with Gasteiger partial charge in [0.1, 0.15) is 0 Å². The van der Waals surface area contributed by atoms with Crippen molar-refractivity contribution in [2.75, 3.05) is 4.90 Å². The Bertz CT molecular complexity index is 3620. The number of fused-ring (bicyclic) bond motifs is 4. The third-order valence-corrected chi connectivity index (χ3v) is 14.8. The Morgan fingerprint density at radius 2 is 0.845 bits per heavy atom. The molecule has 0 heterocycles. The Balaban J connectivity index is 1.15. The van der Waals surface area contributed by atoms with E-state index in [2.05, 4.69) is 293 Å². The average Bonchev–Trinajstić information content (AvgIpc) is 3.73. The zero-order valence-electron chi connectivity index (χ0n) is 40.8. The molecule has 0 atom stereocenters. The maximum atomic E-state index is 2.53. The highest BCUT2D eigenvalue weighted by Gasteiger charge is 2.47. The van der Waals surface area contributed by atoms with Gasteiger partial charge in [0.05, 0.1) is 11.1 Å². The van der Waals surface area contributed by atoms with Gasteiger partial charge in [-0.25, -0.2) is 0 Å². The van der Waals surface area contributed by atoms with E-state index in [4.69, 9.17) is 0 Å². The minimum absolute atomic E-state index is 0.100. The van der Waals surface area contributed by atoms with Gasteiger partial charge in [-0.05, 0) is 143 Å². The van der Waals surface area contributed by atoms with E-state index >= 15 is 0 Å². The minimum Gasteiger partial charge on any atom is -0.310 e. The Labute approximate surface area is 419 Å². The van der Waals surface area contributed by atoms with Gasteiger partial charge < -0.3 is 4.90 Å². The highest BCUT2D eigenvalue weighted by molar-refractivity contribution is 6.01.